The van der Waals surface area contributed by atoms with Crippen LogP contribution in [0.2, 0.25) is 0 Å². The van der Waals surface area contributed by atoms with Crippen LogP contribution in [-0.2, 0) is 9.59 Å². The Kier molecular flexibility index (Phi) is 8.37. The van der Waals surface area contributed by atoms with E-state index < -0.39 is 0 Å². The average Bonchev–Trinajstić information content (AvgIpc) is 3.37. The van der Waals surface area contributed by atoms with E-state index in [0.29, 0.717) is 24.5 Å². The first kappa shape index (κ1) is 28.5. The van der Waals surface area contributed by atoms with Crippen LogP contribution in [0, 0.1) is 5.92 Å². The van der Waals surface area contributed by atoms with Gasteiger partial charge in [0.25, 0.3) is 5.91 Å². The van der Waals surface area contributed by atoms with Gasteiger partial charge in [-0.05, 0) is 63.2 Å². The first-order chi connectivity index (χ1) is 20.4. The number of piperidine rings is 2. The molecule has 0 radical (unpaired) electrons. The van der Waals surface area contributed by atoms with Crippen LogP contribution in [-0.4, -0.2) is 85.4 Å². The Hall–Kier alpha value is -3.60. The molecule has 3 saturated heterocycles. The molecular formula is C32H38N6O3S. The van der Waals surface area contributed by atoms with Gasteiger partial charge in [-0.3, -0.25) is 14.5 Å². The highest BCUT2D eigenvalue weighted by Crippen LogP contribution is 2.48. The lowest BCUT2D eigenvalue weighted by Gasteiger charge is -2.45. The number of urea groups is 1. The molecule has 4 heterocycles. The maximum Gasteiger partial charge on any atom is 0.326 e. The third-order valence-electron chi connectivity index (χ3n) is 8.38. The van der Waals surface area contributed by atoms with E-state index in [2.05, 4.69) is 40.2 Å². The summed E-state index contributed by atoms with van der Waals surface area (Å²) in [6.07, 6.45) is 5.93. The second kappa shape index (κ2) is 12.3. The molecule has 10 heteroatoms. The molecule has 0 bridgehead atoms. The van der Waals surface area contributed by atoms with E-state index in [1.165, 1.54) is 11.8 Å². The fraction of sp³-hybridized carbons (Fsp3) is 0.406. The van der Waals surface area contributed by atoms with Gasteiger partial charge >= 0.3 is 6.03 Å². The van der Waals surface area contributed by atoms with Gasteiger partial charge in [0.05, 0.1) is 16.3 Å². The van der Waals surface area contributed by atoms with Gasteiger partial charge in [-0.15, -0.1) is 0 Å². The van der Waals surface area contributed by atoms with Gasteiger partial charge in [0.1, 0.15) is 0 Å². The van der Waals surface area contributed by atoms with E-state index in [0.717, 1.165) is 48.3 Å². The zero-order valence-corrected chi connectivity index (χ0v) is 24.9. The standard InChI is InChI=1S/C32H38N6O3S/c1-36(2)17-8-14-26(39)37-18-7-12-23(20-37)34-30(40)29-28-27-25(15-16-33-31(27)42-29)38(32(41)35-28)24-13-6-11-22(19-24)21-9-4-3-5-10-21/h3-6,8-11,13-14,19,23,25,27,31,33H,7,12,15-18,20H2,1-2H3,(H,34,40)(H,35,41)/b14-8+/t23-,25?,27?,31?/m1/s1. The fourth-order valence-corrected chi connectivity index (χ4v) is 7.80. The molecule has 220 valence electrons. The molecule has 0 aliphatic carbocycles. The lowest BCUT2D eigenvalue weighted by atomic mass is 9.86. The monoisotopic (exact) mass is 586 g/mol. The molecule has 4 aliphatic heterocycles. The third-order valence-corrected chi connectivity index (χ3v) is 9.73. The van der Waals surface area contributed by atoms with E-state index in [1.807, 2.05) is 60.3 Å². The van der Waals surface area contributed by atoms with Crippen LogP contribution < -0.4 is 20.9 Å². The summed E-state index contributed by atoms with van der Waals surface area (Å²) < 4.78 is 0. The van der Waals surface area contributed by atoms with Gasteiger partial charge in [-0.2, -0.15) is 0 Å². The SMILES string of the molecule is CN(C)C/C=C/C(=O)N1CCC[C@@H](NC(=O)C2=C3NC(=O)N(c4cccc(-c5ccccc5)c4)C4CCNC(S2)C34)C1. The minimum atomic E-state index is -0.205. The minimum absolute atomic E-state index is 0.00571. The topological polar surface area (TPSA) is 97.0 Å². The molecule has 4 aliphatic rings. The molecule has 3 unspecified atom stereocenters. The molecule has 4 amide bonds. The van der Waals surface area contributed by atoms with Crippen LogP contribution in [0.15, 0.2) is 77.4 Å². The number of hydrogen-bond donors (Lipinski definition) is 3. The molecule has 3 fully saturated rings. The summed E-state index contributed by atoms with van der Waals surface area (Å²) in [4.78, 5) is 46.2. The van der Waals surface area contributed by atoms with Crippen molar-refractivity contribution in [3.63, 3.8) is 0 Å². The van der Waals surface area contributed by atoms with Crippen LogP contribution in [0.4, 0.5) is 10.5 Å². The highest BCUT2D eigenvalue weighted by molar-refractivity contribution is 8.04. The van der Waals surface area contributed by atoms with E-state index in [-0.39, 0.29) is 41.2 Å². The lowest BCUT2D eigenvalue weighted by molar-refractivity contribution is -0.128. The van der Waals surface area contributed by atoms with Crippen molar-refractivity contribution >= 4 is 35.3 Å². The van der Waals surface area contributed by atoms with Crippen LogP contribution in [0.25, 0.3) is 11.1 Å². The van der Waals surface area contributed by atoms with Crippen molar-refractivity contribution < 1.29 is 14.4 Å². The summed E-state index contributed by atoms with van der Waals surface area (Å²) in [7, 11) is 3.92. The third kappa shape index (κ3) is 5.84. The average molecular weight is 587 g/mol. The Bertz CT molecular complexity index is 1410. The highest BCUT2D eigenvalue weighted by Gasteiger charge is 2.51. The quantitative estimate of drug-likeness (QED) is 0.431. The van der Waals surface area contributed by atoms with Crippen molar-refractivity contribution in [2.75, 3.05) is 45.2 Å². The van der Waals surface area contributed by atoms with Gasteiger partial charge in [-0.25, -0.2) is 4.79 Å². The van der Waals surface area contributed by atoms with Gasteiger partial charge in [0, 0.05) is 49.1 Å². The summed E-state index contributed by atoms with van der Waals surface area (Å²) >= 11 is 1.51. The zero-order valence-electron chi connectivity index (χ0n) is 24.1. The Morgan fingerprint density at radius 2 is 1.90 bits per heavy atom. The first-order valence-corrected chi connectivity index (χ1v) is 15.6. The van der Waals surface area contributed by atoms with Crippen LogP contribution in [0.5, 0.6) is 0 Å². The van der Waals surface area contributed by atoms with Gasteiger partial charge in [0.2, 0.25) is 5.91 Å². The maximum absolute atomic E-state index is 13.7. The number of carbonyl (C=O) groups excluding carboxylic acids is 3. The minimum Gasteiger partial charge on any atom is -0.347 e. The highest BCUT2D eigenvalue weighted by atomic mass is 32.2. The number of thioether (sulfide) groups is 1. The Labute approximate surface area is 251 Å². The van der Waals surface area contributed by atoms with Gasteiger partial charge in [0.15, 0.2) is 0 Å². The number of rotatable bonds is 7. The summed E-state index contributed by atoms with van der Waals surface area (Å²) in [5.41, 5.74) is 3.73. The zero-order chi connectivity index (χ0) is 29.2. The second-order valence-corrected chi connectivity index (χ2v) is 12.7. The normalized spacial score (nSPS) is 25.5. The number of likely N-dealkylation sites (tertiary alicyclic amines) is 1. The summed E-state index contributed by atoms with van der Waals surface area (Å²) in [6, 6.07) is 17.9. The van der Waals surface area contributed by atoms with Gasteiger partial charge in [-0.1, -0.05) is 60.3 Å². The number of anilines is 1. The number of hydrogen-bond acceptors (Lipinski definition) is 6. The second-order valence-electron chi connectivity index (χ2n) is 11.6. The lowest BCUT2D eigenvalue weighted by Crippen LogP contribution is -2.62. The number of nitrogens with zero attached hydrogens (tertiary/aromatic N) is 3. The van der Waals surface area contributed by atoms with Crippen molar-refractivity contribution in [1.82, 2.24) is 25.8 Å². The Morgan fingerprint density at radius 1 is 1.10 bits per heavy atom. The van der Waals surface area contributed by atoms with Crippen molar-refractivity contribution in [3.8, 4) is 11.1 Å². The Balaban J connectivity index is 1.18. The summed E-state index contributed by atoms with van der Waals surface area (Å²) in [6.45, 7) is 2.64. The number of carbonyl (C=O) groups is 3. The van der Waals surface area contributed by atoms with Crippen molar-refractivity contribution in [2.24, 2.45) is 5.92 Å². The molecule has 6 rings (SSSR count). The van der Waals surface area contributed by atoms with E-state index in [4.69, 9.17) is 0 Å². The molecule has 9 nitrogen and oxygen atoms in total. The first-order valence-electron chi connectivity index (χ1n) is 14.7. The number of benzene rings is 2. The number of nitrogens with one attached hydrogen (secondary N) is 3. The van der Waals surface area contributed by atoms with Crippen LogP contribution in [0.3, 0.4) is 0 Å². The predicted octanol–water partition coefficient (Wildman–Crippen LogP) is 3.37. The molecular weight excluding hydrogens is 548 g/mol. The predicted molar refractivity (Wildman–Crippen MR) is 167 cm³/mol. The van der Waals surface area contributed by atoms with E-state index in [9.17, 15) is 14.4 Å². The van der Waals surface area contributed by atoms with Crippen molar-refractivity contribution in [1.29, 1.82) is 0 Å². The fourth-order valence-electron chi connectivity index (χ4n) is 6.40. The van der Waals surface area contributed by atoms with Gasteiger partial charge < -0.3 is 25.8 Å². The van der Waals surface area contributed by atoms with Crippen molar-refractivity contribution in [2.45, 2.75) is 36.7 Å². The Morgan fingerprint density at radius 3 is 2.71 bits per heavy atom. The molecule has 0 spiro atoms. The molecule has 0 saturated carbocycles. The molecule has 2 aromatic rings. The van der Waals surface area contributed by atoms with Crippen molar-refractivity contribution in [3.05, 3.63) is 77.4 Å². The number of likely N-dealkylation sites (N-methyl/N-ethyl adjacent to an activating group) is 1. The molecule has 42 heavy (non-hydrogen) atoms. The van der Waals surface area contributed by atoms with E-state index >= 15 is 0 Å². The molecule has 2 aromatic carbocycles. The van der Waals surface area contributed by atoms with E-state index in [1.54, 1.807) is 11.0 Å². The maximum atomic E-state index is 13.7. The smallest absolute Gasteiger partial charge is 0.326 e. The largest absolute Gasteiger partial charge is 0.347 e. The molecule has 3 N–H and O–H groups in total. The summed E-state index contributed by atoms with van der Waals surface area (Å²) in [5, 5.41) is 9.87. The summed E-state index contributed by atoms with van der Waals surface area (Å²) in [5.74, 6) is -0.219. The van der Waals surface area contributed by atoms with Crippen LogP contribution in [0.1, 0.15) is 19.3 Å². The van der Waals surface area contributed by atoms with Crippen LogP contribution >= 0.6 is 11.8 Å². The molecule has 0 aromatic heterocycles. The molecule has 4 atom stereocenters. The number of amides is 4.